The number of nitrogens with zero attached hydrogens (tertiary/aromatic N) is 3. The van der Waals surface area contributed by atoms with Gasteiger partial charge < -0.3 is 9.47 Å². The van der Waals surface area contributed by atoms with Crippen LogP contribution in [0.1, 0.15) is 48.8 Å². The molecule has 1 aliphatic heterocycles. The maximum absolute atomic E-state index is 12.3. The van der Waals surface area contributed by atoms with Gasteiger partial charge in [0.1, 0.15) is 6.61 Å². The summed E-state index contributed by atoms with van der Waals surface area (Å²) in [5.74, 6) is -0.348. The summed E-state index contributed by atoms with van der Waals surface area (Å²) in [6, 6.07) is 2.03. The third kappa shape index (κ3) is 2.83. The topological polar surface area (TPSA) is 66.2 Å². The Balaban J connectivity index is 1.80. The standard InChI is InChI=1S/C16H21N3O3/c1-10(2)19-15-12(8-17-19)7-14(11(3)18-15)16(20)22-9-13-5-4-6-21-13/h7-8,10,13H,4-6,9H2,1-3H3. The monoisotopic (exact) mass is 303 g/mol. The molecule has 0 amide bonds. The van der Waals surface area contributed by atoms with Crippen LogP contribution in [0.2, 0.25) is 0 Å². The normalized spacial score (nSPS) is 18.3. The van der Waals surface area contributed by atoms with Gasteiger partial charge in [0.05, 0.1) is 23.6 Å². The van der Waals surface area contributed by atoms with Crippen molar-refractivity contribution >= 4 is 17.0 Å². The van der Waals surface area contributed by atoms with Crippen LogP contribution in [0.15, 0.2) is 12.3 Å². The van der Waals surface area contributed by atoms with Crippen molar-refractivity contribution < 1.29 is 14.3 Å². The van der Waals surface area contributed by atoms with Crippen LogP contribution in [-0.2, 0) is 9.47 Å². The zero-order valence-corrected chi connectivity index (χ0v) is 13.2. The van der Waals surface area contributed by atoms with Gasteiger partial charge in [0.25, 0.3) is 0 Å². The molecule has 118 valence electrons. The Morgan fingerprint density at radius 1 is 1.55 bits per heavy atom. The molecule has 1 aliphatic rings. The molecule has 1 atom stereocenters. The van der Waals surface area contributed by atoms with E-state index in [1.54, 1.807) is 12.3 Å². The fourth-order valence-electron chi connectivity index (χ4n) is 2.67. The van der Waals surface area contributed by atoms with Crippen LogP contribution in [0.3, 0.4) is 0 Å². The summed E-state index contributed by atoms with van der Waals surface area (Å²) in [6.07, 6.45) is 3.75. The Bertz CT molecular complexity index is 687. The third-order valence-electron chi connectivity index (χ3n) is 3.89. The summed E-state index contributed by atoms with van der Waals surface area (Å²) in [4.78, 5) is 16.8. The predicted octanol–water partition coefficient (Wildman–Crippen LogP) is 2.66. The van der Waals surface area contributed by atoms with Gasteiger partial charge in [0.2, 0.25) is 0 Å². The maximum atomic E-state index is 12.3. The van der Waals surface area contributed by atoms with Crippen molar-refractivity contribution in [1.82, 2.24) is 14.8 Å². The van der Waals surface area contributed by atoms with Gasteiger partial charge in [-0.2, -0.15) is 5.10 Å². The third-order valence-corrected chi connectivity index (χ3v) is 3.89. The average molecular weight is 303 g/mol. The summed E-state index contributed by atoms with van der Waals surface area (Å²) in [5, 5.41) is 5.18. The number of hydrogen-bond donors (Lipinski definition) is 0. The van der Waals surface area contributed by atoms with Crippen LogP contribution in [0.4, 0.5) is 0 Å². The van der Waals surface area contributed by atoms with E-state index in [9.17, 15) is 4.79 Å². The molecule has 0 aromatic carbocycles. The molecule has 0 radical (unpaired) electrons. The molecule has 6 heteroatoms. The lowest BCUT2D eigenvalue weighted by molar-refractivity contribution is 0.0160. The quantitative estimate of drug-likeness (QED) is 0.812. The highest BCUT2D eigenvalue weighted by atomic mass is 16.6. The number of carbonyl (C=O) groups is 1. The van der Waals surface area contributed by atoms with Crippen molar-refractivity contribution in [3.05, 3.63) is 23.5 Å². The lowest BCUT2D eigenvalue weighted by Crippen LogP contribution is -2.18. The van der Waals surface area contributed by atoms with E-state index in [4.69, 9.17) is 9.47 Å². The fraction of sp³-hybridized carbons (Fsp3) is 0.562. The molecule has 0 bridgehead atoms. The predicted molar refractivity (Wildman–Crippen MR) is 81.9 cm³/mol. The SMILES string of the molecule is Cc1nc2c(cnn2C(C)C)cc1C(=O)OCC1CCCO1. The number of aromatic nitrogens is 3. The van der Waals surface area contributed by atoms with Crippen molar-refractivity contribution in [1.29, 1.82) is 0 Å². The number of pyridine rings is 1. The summed E-state index contributed by atoms with van der Waals surface area (Å²) in [6.45, 7) is 6.98. The van der Waals surface area contributed by atoms with Crippen LogP contribution in [0.25, 0.3) is 11.0 Å². The molecule has 3 heterocycles. The van der Waals surface area contributed by atoms with Gasteiger partial charge in [0.15, 0.2) is 5.65 Å². The highest BCUT2D eigenvalue weighted by Crippen LogP contribution is 2.20. The highest BCUT2D eigenvalue weighted by molar-refractivity contribution is 5.94. The Labute approximate surface area is 129 Å². The number of aryl methyl sites for hydroxylation is 1. The van der Waals surface area contributed by atoms with E-state index in [2.05, 4.69) is 10.1 Å². The molecule has 2 aromatic rings. The first kappa shape index (κ1) is 15.0. The van der Waals surface area contributed by atoms with E-state index in [0.29, 0.717) is 17.9 Å². The lowest BCUT2D eigenvalue weighted by Gasteiger charge is -2.12. The Hall–Kier alpha value is -1.95. The molecule has 0 saturated carbocycles. The average Bonchev–Trinajstić information content (AvgIpc) is 3.12. The number of esters is 1. The van der Waals surface area contributed by atoms with Crippen LogP contribution in [0.5, 0.6) is 0 Å². The molecule has 0 N–H and O–H groups in total. The first-order valence-electron chi connectivity index (χ1n) is 7.70. The number of rotatable bonds is 4. The number of hydrogen-bond acceptors (Lipinski definition) is 5. The van der Waals surface area contributed by atoms with E-state index >= 15 is 0 Å². The van der Waals surface area contributed by atoms with Crippen molar-refractivity contribution in [3.8, 4) is 0 Å². The Kier molecular flexibility index (Phi) is 4.11. The zero-order chi connectivity index (χ0) is 15.7. The smallest absolute Gasteiger partial charge is 0.340 e. The molecular formula is C16H21N3O3. The summed E-state index contributed by atoms with van der Waals surface area (Å²) < 4.78 is 12.7. The van der Waals surface area contributed by atoms with Crippen molar-refractivity contribution in [2.75, 3.05) is 13.2 Å². The zero-order valence-electron chi connectivity index (χ0n) is 13.2. The second-order valence-electron chi connectivity index (χ2n) is 5.95. The molecule has 6 nitrogen and oxygen atoms in total. The maximum Gasteiger partial charge on any atom is 0.340 e. The summed E-state index contributed by atoms with van der Waals surface area (Å²) in [7, 11) is 0. The minimum Gasteiger partial charge on any atom is -0.459 e. The van der Waals surface area contributed by atoms with Gasteiger partial charge in [0, 0.05) is 18.0 Å². The second-order valence-corrected chi connectivity index (χ2v) is 5.95. The number of fused-ring (bicyclic) bond motifs is 1. The molecule has 2 aromatic heterocycles. The fourth-order valence-corrected chi connectivity index (χ4v) is 2.67. The van der Waals surface area contributed by atoms with E-state index in [1.807, 2.05) is 25.5 Å². The van der Waals surface area contributed by atoms with Crippen molar-refractivity contribution in [2.24, 2.45) is 0 Å². The van der Waals surface area contributed by atoms with Crippen molar-refractivity contribution in [3.63, 3.8) is 0 Å². The molecule has 3 rings (SSSR count). The largest absolute Gasteiger partial charge is 0.459 e. The lowest BCUT2D eigenvalue weighted by atomic mass is 10.1. The van der Waals surface area contributed by atoms with Gasteiger partial charge in [-0.1, -0.05) is 0 Å². The molecular weight excluding hydrogens is 282 g/mol. The van der Waals surface area contributed by atoms with Crippen LogP contribution in [-0.4, -0.2) is 40.1 Å². The first-order chi connectivity index (χ1) is 10.6. The van der Waals surface area contributed by atoms with Gasteiger partial charge in [-0.15, -0.1) is 0 Å². The van der Waals surface area contributed by atoms with E-state index in [0.717, 1.165) is 30.5 Å². The molecule has 1 unspecified atom stereocenters. The van der Waals surface area contributed by atoms with Gasteiger partial charge in [-0.25, -0.2) is 14.5 Å². The Morgan fingerprint density at radius 3 is 3.05 bits per heavy atom. The minimum atomic E-state index is -0.348. The van der Waals surface area contributed by atoms with Crippen molar-refractivity contribution in [2.45, 2.75) is 45.8 Å². The minimum absolute atomic E-state index is 0.0321. The first-order valence-corrected chi connectivity index (χ1v) is 7.70. The van der Waals surface area contributed by atoms with Crippen LogP contribution in [0, 0.1) is 6.92 Å². The van der Waals surface area contributed by atoms with Gasteiger partial charge >= 0.3 is 5.97 Å². The summed E-state index contributed by atoms with van der Waals surface area (Å²) >= 11 is 0. The number of carbonyl (C=O) groups excluding carboxylic acids is 1. The van der Waals surface area contributed by atoms with E-state index < -0.39 is 0 Å². The van der Waals surface area contributed by atoms with E-state index in [1.165, 1.54) is 0 Å². The highest BCUT2D eigenvalue weighted by Gasteiger charge is 2.20. The second kappa shape index (κ2) is 6.04. The van der Waals surface area contributed by atoms with Gasteiger partial charge in [-0.05, 0) is 39.7 Å². The Morgan fingerprint density at radius 2 is 2.36 bits per heavy atom. The molecule has 0 aliphatic carbocycles. The summed E-state index contributed by atoms with van der Waals surface area (Å²) in [5.41, 5.74) is 1.95. The molecule has 1 fully saturated rings. The molecule has 1 saturated heterocycles. The van der Waals surface area contributed by atoms with Crippen LogP contribution < -0.4 is 0 Å². The van der Waals surface area contributed by atoms with Gasteiger partial charge in [-0.3, -0.25) is 0 Å². The molecule has 0 spiro atoms. The van der Waals surface area contributed by atoms with Crippen LogP contribution >= 0.6 is 0 Å². The number of ether oxygens (including phenoxy) is 2. The molecule has 22 heavy (non-hydrogen) atoms. The van der Waals surface area contributed by atoms with E-state index in [-0.39, 0.29) is 18.1 Å².